The Morgan fingerprint density at radius 3 is 3.00 bits per heavy atom. The van der Waals surface area contributed by atoms with Crippen LogP contribution in [0.25, 0.3) is 10.9 Å². The monoisotopic (exact) mass is 386 g/mol. The molecule has 2 atom stereocenters. The second-order valence-corrected chi connectivity index (χ2v) is 8.69. The van der Waals surface area contributed by atoms with Crippen molar-refractivity contribution in [1.29, 1.82) is 0 Å². The van der Waals surface area contributed by atoms with Crippen molar-refractivity contribution >= 4 is 40.3 Å². The van der Waals surface area contributed by atoms with E-state index in [0.717, 1.165) is 29.3 Å². The Morgan fingerprint density at radius 2 is 2.22 bits per heavy atom. The Bertz CT molecular complexity index is 937. The van der Waals surface area contributed by atoms with Gasteiger partial charge in [-0.2, -0.15) is 0 Å². The molecular weight excluding hydrogens is 364 g/mol. The molecular formula is C20H22N2O4S. The largest absolute Gasteiger partial charge is 0.456 e. The molecule has 2 aliphatic rings. The molecule has 0 radical (unpaired) electrons. The number of thioether (sulfide) groups is 1. The van der Waals surface area contributed by atoms with Crippen LogP contribution in [-0.2, 0) is 20.7 Å². The highest BCUT2D eigenvalue weighted by Crippen LogP contribution is 2.47. The number of aromatic nitrogens is 1. The third-order valence-electron chi connectivity index (χ3n) is 5.55. The molecule has 7 heteroatoms. The molecule has 0 spiro atoms. The molecule has 1 aromatic carbocycles. The number of aromatic amines is 1. The zero-order valence-corrected chi connectivity index (χ0v) is 16.2. The van der Waals surface area contributed by atoms with Crippen LogP contribution in [0.2, 0.25) is 0 Å². The summed E-state index contributed by atoms with van der Waals surface area (Å²) in [5.41, 5.74) is 2.61. The number of esters is 1. The minimum Gasteiger partial charge on any atom is -0.456 e. The van der Waals surface area contributed by atoms with Crippen LogP contribution < -0.4 is 0 Å². The van der Waals surface area contributed by atoms with Gasteiger partial charge in [-0.1, -0.05) is 25.1 Å². The number of hydrogen-bond donors (Lipinski definition) is 1. The van der Waals surface area contributed by atoms with Gasteiger partial charge in [-0.15, -0.1) is 11.8 Å². The van der Waals surface area contributed by atoms with Crippen molar-refractivity contribution in [3.8, 4) is 0 Å². The summed E-state index contributed by atoms with van der Waals surface area (Å²) in [6.45, 7) is 3.73. The Hall–Kier alpha value is -2.28. The summed E-state index contributed by atoms with van der Waals surface area (Å²) in [5, 5.41) is 0.842. The third kappa shape index (κ3) is 2.94. The highest BCUT2D eigenvalue weighted by Gasteiger charge is 2.53. The number of Topliss-reactive ketones (excluding diaryl/α,β-unsaturated/α-hetero) is 1. The zero-order chi connectivity index (χ0) is 19.2. The van der Waals surface area contributed by atoms with E-state index < -0.39 is 12.0 Å². The highest BCUT2D eigenvalue weighted by atomic mass is 32.2. The normalized spacial score (nSPS) is 24.4. The summed E-state index contributed by atoms with van der Waals surface area (Å²) < 4.78 is 5.31. The van der Waals surface area contributed by atoms with Gasteiger partial charge < -0.3 is 14.6 Å². The molecule has 1 aromatic heterocycles. The van der Waals surface area contributed by atoms with Crippen LogP contribution in [-0.4, -0.2) is 50.8 Å². The van der Waals surface area contributed by atoms with E-state index in [1.54, 1.807) is 22.9 Å². The fourth-order valence-corrected chi connectivity index (χ4v) is 5.46. The summed E-state index contributed by atoms with van der Waals surface area (Å²) in [6.07, 6.45) is 3.74. The van der Waals surface area contributed by atoms with Gasteiger partial charge in [0.2, 0.25) is 11.7 Å². The number of nitrogens with zero attached hydrogens (tertiary/aromatic N) is 1. The second kappa shape index (κ2) is 6.71. The topological polar surface area (TPSA) is 79.5 Å². The van der Waals surface area contributed by atoms with E-state index in [2.05, 4.69) is 11.9 Å². The maximum absolute atomic E-state index is 12.6. The van der Waals surface area contributed by atoms with E-state index in [1.807, 2.05) is 25.1 Å². The summed E-state index contributed by atoms with van der Waals surface area (Å²) >= 11 is 1.61. The molecule has 2 aromatic rings. The predicted octanol–water partition coefficient (Wildman–Crippen LogP) is 2.91. The van der Waals surface area contributed by atoms with Crippen molar-refractivity contribution < 1.29 is 19.1 Å². The molecule has 0 unspecified atom stereocenters. The predicted molar refractivity (Wildman–Crippen MR) is 104 cm³/mol. The molecule has 0 saturated carbocycles. The molecule has 2 aliphatic heterocycles. The van der Waals surface area contributed by atoms with Crippen LogP contribution in [0.1, 0.15) is 42.6 Å². The number of nitrogens with one attached hydrogen (secondary N) is 1. The van der Waals surface area contributed by atoms with Crippen molar-refractivity contribution in [3.05, 3.63) is 35.5 Å². The number of H-pyrrole nitrogens is 1. The van der Waals surface area contributed by atoms with Crippen LogP contribution in [0.4, 0.5) is 0 Å². The van der Waals surface area contributed by atoms with Crippen molar-refractivity contribution in [1.82, 2.24) is 9.88 Å². The number of hydrogen-bond acceptors (Lipinski definition) is 5. The van der Waals surface area contributed by atoms with Crippen molar-refractivity contribution in [2.75, 3.05) is 12.4 Å². The molecule has 2 fully saturated rings. The van der Waals surface area contributed by atoms with Gasteiger partial charge in [0.15, 0.2) is 6.61 Å². The van der Waals surface area contributed by atoms with Crippen molar-refractivity contribution in [2.45, 2.75) is 44.0 Å². The summed E-state index contributed by atoms with van der Waals surface area (Å²) in [6, 6.07) is 5.24. The Labute approximate surface area is 161 Å². The Balaban J connectivity index is 1.46. The second-order valence-electron chi connectivity index (χ2n) is 7.19. The van der Waals surface area contributed by atoms with E-state index in [-0.39, 0.29) is 23.2 Å². The number of fused-ring (bicyclic) bond motifs is 2. The first-order valence-corrected chi connectivity index (χ1v) is 10.2. The fraction of sp³-hybridized carbons (Fsp3) is 0.450. The molecule has 27 heavy (non-hydrogen) atoms. The number of rotatable bonds is 5. The average Bonchev–Trinajstić information content (AvgIpc) is 3.32. The lowest BCUT2D eigenvalue weighted by Crippen LogP contribution is -2.46. The van der Waals surface area contributed by atoms with Crippen LogP contribution in [0.5, 0.6) is 0 Å². The van der Waals surface area contributed by atoms with E-state index in [4.69, 9.17) is 4.74 Å². The maximum Gasteiger partial charge on any atom is 0.330 e. The fourth-order valence-electron chi connectivity index (χ4n) is 4.05. The molecule has 4 rings (SSSR count). The van der Waals surface area contributed by atoms with Gasteiger partial charge in [-0.25, -0.2) is 4.79 Å². The number of aryl methyl sites for hydroxylation is 1. The number of carbonyl (C=O) groups excluding carboxylic acids is 3. The maximum atomic E-state index is 12.6. The molecule has 6 nitrogen and oxygen atoms in total. The summed E-state index contributed by atoms with van der Waals surface area (Å²) in [5.74, 6) is -0.241. The number of para-hydroxylation sites is 1. The lowest BCUT2D eigenvalue weighted by molar-refractivity contribution is -0.152. The number of ether oxygens (including phenoxy) is 1. The number of benzene rings is 1. The zero-order valence-electron chi connectivity index (χ0n) is 15.4. The molecule has 2 saturated heterocycles. The highest BCUT2D eigenvalue weighted by molar-refractivity contribution is 8.01. The molecule has 3 heterocycles. The minimum absolute atomic E-state index is 0.0144. The van der Waals surface area contributed by atoms with Crippen LogP contribution in [0.3, 0.4) is 0 Å². The van der Waals surface area contributed by atoms with Gasteiger partial charge in [0.05, 0.1) is 4.87 Å². The quantitative estimate of drug-likeness (QED) is 0.631. The van der Waals surface area contributed by atoms with Gasteiger partial charge in [-0.3, -0.25) is 9.59 Å². The standard InChI is InChI=1S/C20H22N2O4S/c1-3-12-5-4-6-13-14(9-21-18(12)13)16(23)10-26-19(25)15-11-27-20(2)8-7-17(24)22(15)20/h4-6,9,15,21H,3,7-8,10-11H2,1-2H3/t15-,20-/m1/s1. The van der Waals surface area contributed by atoms with Crippen molar-refractivity contribution in [2.24, 2.45) is 0 Å². The first-order chi connectivity index (χ1) is 12.9. The van der Waals surface area contributed by atoms with Crippen molar-refractivity contribution in [3.63, 3.8) is 0 Å². The molecule has 142 valence electrons. The van der Waals surface area contributed by atoms with E-state index in [0.29, 0.717) is 17.7 Å². The van der Waals surface area contributed by atoms with Crippen LogP contribution in [0.15, 0.2) is 24.4 Å². The summed E-state index contributed by atoms with van der Waals surface area (Å²) in [4.78, 5) is 41.8. The van der Waals surface area contributed by atoms with Crippen LogP contribution in [0, 0.1) is 0 Å². The van der Waals surface area contributed by atoms with E-state index in [1.165, 1.54) is 0 Å². The van der Waals surface area contributed by atoms with Gasteiger partial charge >= 0.3 is 5.97 Å². The van der Waals surface area contributed by atoms with E-state index in [9.17, 15) is 14.4 Å². The van der Waals surface area contributed by atoms with Crippen LogP contribution >= 0.6 is 11.8 Å². The van der Waals surface area contributed by atoms with Gasteiger partial charge in [0.25, 0.3) is 0 Å². The molecule has 1 amide bonds. The first kappa shape index (κ1) is 18.1. The van der Waals surface area contributed by atoms with Gasteiger partial charge in [0.1, 0.15) is 6.04 Å². The average molecular weight is 386 g/mol. The Morgan fingerprint density at radius 1 is 1.41 bits per heavy atom. The molecule has 0 bridgehead atoms. The van der Waals surface area contributed by atoms with Gasteiger partial charge in [-0.05, 0) is 25.3 Å². The minimum atomic E-state index is -0.600. The first-order valence-electron chi connectivity index (χ1n) is 9.19. The number of amides is 1. The summed E-state index contributed by atoms with van der Waals surface area (Å²) in [7, 11) is 0. The van der Waals surface area contributed by atoms with E-state index >= 15 is 0 Å². The SMILES string of the molecule is CCc1cccc2c(C(=O)COC(=O)[C@H]3CS[C@]4(C)CCC(=O)N34)c[nH]c12. The number of carbonyl (C=O) groups is 3. The third-order valence-corrected chi connectivity index (χ3v) is 7.05. The lowest BCUT2D eigenvalue weighted by atomic mass is 10.1. The smallest absolute Gasteiger partial charge is 0.330 e. The molecule has 1 N–H and O–H groups in total. The lowest BCUT2D eigenvalue weighted by Gasteiger charge is -2.29. The Kier molecular flexibility index (Phi) is 4.50. The molecule has 0 aliphatic carbocycles. The number of ketones is 1. The van der Waals surface area contributed by atoms with Gasteiger partial charge in [0, 0.05) is 34.8 Å².